The first kappa shape index (κ1) is 25.4. The van der Waals surface area contributed by atoms with Gasteiger partial charge in [-0.05, 0) is 44.0 Å². The lowest BCUT2D eigenvalue weighted by atomic mass is 10.0. The van der Waals surface area contributed by atoms with Crippen molar-refractivity contribution in [3.8, 4) is 17.0 Å². The van der Waals surface area contributed by atoms with E-state index in [4.69, 9.17) is 43.2 Å². The minimum atomic E-state index is -0.487. The Hall–Kier alpha value is -2.85. The van der Waals surface area contributed by atoms with Gasteiger partial charge < -0.3 is 19.9 Å². The average Bonchev–Trinajstić information content (AvgIpc) is 3.51. The molecule has 1 saturated heterocycles. The van der Waals surface area contributed by atoms with Crippen LogP contribution in [0.25, 0.3) is 21.5 Å². The van der Waals surface area contributed by atoms with Gasteiger partial charge in [0.25, 0.3) is 0 Å². The van der Waals surface area contributed by atoms with Crippen molar-refractivity contribution in [2.45, 2.75) is 38.3 Å². The van der Waals surface area contributed by atoms with Gasteiger partial charge in [0.05, 0.1) is 21.9 Å². The van der Waals surface area contributed by atoms with Crippen LogP contribution in [0.2, 0.25) is 10.0 Å². The Morgan fingerprint density at radius 2 is 2.00 bits per heavy atom. The number of aromatic nitrogens is 2. The van der Waals surface area contributed by atoms with E-state index in [-0.39, 0.29) is 6.04 Å². The molecule has 3 heterocycles. The summed E-state index contributed by atoms with van der Waals surface area (Å²) in [6, 6.07) is 9.14. The third-order valence-corrected chi connectivity index (χ3v) is 8.93. The molecule has 0 unspecified atom stereocenters. The highest BCUT2D eigenvalue weighted by atomic mass is 35.5. The van der Waals surface area contributed by atoms with Crippen LogP contribution in [0.5, 0.6) is 5.75 Å². The van der Waals surface area contributed by atoms with Gasteiger partial charge in [0.15, 0.2) is 5.13 Å². The van der Waals surface area contributed by atoms with Gasteiger partial charge in [-0.3, -0.25) is 9.69 Å². The van der Waals surface area contributed by atoms with E-state index in [0.29, 0.717) is 33.8 Å². The molecule has 0 spiro atoms. The predicted molar refractivity (Wildman–Crippen MR) is 151 cm³/mol. The SMILES string of the molecule is COc1cc(C(N)=O)cc2sc(N3CCN(Cc4c(-c5c(Cl)cccc5Cl)noc4C4CC4)C[C@@H]3C)nc12. The quantitative estimate of drug-likeness (QED) is 0.292. The summed E-state index contributed by atoms with van der Waals surface area (Å²) in [5, 5.41) is 6.48. The van der Waals surface area contributed by atoms with E-state index >= 15 is 0 Å². The molecule has 1 atom stereocenters. The van der Waals surface area contributed by atoms with Gasteiger partial charge in [-0.2, -0.15) is 0 Å². The lowest BCUT2D eigenvalue weighted by Crippen LogP contribution is -2.51. The van der Waals surface area contributed by atoms with Crippen LogP contribution in [-0.2, 0) is 6.54 Å². The number of rotatable bonds is 7. The van der Waals surface area contributed by atoms with E-state index in [1.54, 1.807) is 30.6 Å². The number of amides is 1. The van der Waals surface area contributed by atoms with E-state index in [1.165, 1.54) is 0 Å². The van der Waals surface area contributed by atoms with Crippen molar-refractivity contribution in [2.75, 3.05) is 31.6 Å². The van der Waals surface area contributed by atoms with Crippen LogP contribution in [0.4, 0.5) is 5.13 Å². The number of primary amides is 1. The molecule has 2 aromatic carbocycles. The molecule has 8 nitrogen and oxygen atoms in total. The van der Waals surface area contributed by atoms with E-state index in [2.05, 4.69) is 21.9 Å². The predicted octanol–water partition coefficient (Wildman–Crippen LogP) is 5.95. The standard InChI is InChI=1S/C27H27Cl2N5O3S/c1-14-12-33(8-9-34(14)27-31-24-20(36-2)10-16(26(30)35)11-21(24)38-27)13-17-23(32-37-25(17)15-6-7-15)22-18(28)4-3-5-19(22)29/h3-5,10-11,14-15H,6-9,12-13H2,1-2H3,(H2,30,35)/t14-/m0/s1. The molecule has 2 fully saturated rings. The molecule has 6 rings (SSSR count). The number of ether oxygens (including phenoxy) is 1. The fourth-order valence-electron chi connectivity index (χ4n) is 5.15. The number of anilines is 1. The van der Waals surface area contributed by atoms with Crippen LogP contribution in [0.15, 0.2) is 34.9 Å². The minimum Gasteiger partial charge on any atom is -0.494 e. The number of hydrogen-bond acceptors (Lipinski definition) is 8. The molecule has 1 aliphatic carbocycles. The Morgan fingerprint density at radius 1 is 1.24 bits per heavy atom. The summed E-state index contributed by atoms with van der Waals surface area (Å²) in [5.74, 6) is 1.43. The van der Waals surface area contributed by atoms with E-state index in [0.717, 1.165) is 70.4 Å². The Bertz CT molecular complexity index is 1510. The van der Waals surface area contributed by atoms with Crippen molar-refractivity contribution in [3.05, 3.63) is 57.3 Å². The van der Waals surface area contributed by atoms with Crippen molar-refractivity contribution < 1.29 is 14.1 Å². The molecule has 0 bridgehead atoms. The molecule has 2 aliphatic rings. The van der Waals surface area contributed by atoms with Crippen LogP contribution < -0.4 is 15.4 Å². The molecule has 11 heteroatoms. The maximum Gasteiger partial charge on any atom is 0.248 e. The molecule has 1 saturated carbocycles. The first-order valence-electron chi connectivity index (χ1n) is 12.5. The third kappa shape index (κ3) is 4.62. The molecule has 38 heavy (non-hydrogen) atoms. The van der Waals surface area contributed by atoms with Gasteiger partial charge >= 0.3 is 0 Å². The van der Waals surface area contributed by atoms with Crippen molar-refractivity contribution in [1.29, 1.82) is 0 Å². The number of carbonyl (C=O) groups is 1. The van der Waals surface area contributed by atoms with Crippen LogP contribution in [0.3, 0.4) is 0 Å². The van der Waals surface area contributed by atoms with Gasteiger partial charge in [-0.25, -0.2) is 4.98 Å². The fraction of sp³-hybridized carbons (Fsp3) is 0.370. The molecule has 2 N–H and O–H groups in total. The monoisotopic (exact) mass is 571 g/mol. The molecule has 2 aromatic heterocycles. The van der Waals surface area contributed by atoms with Crippen molar-refractivity contribution in [3.63, 3.8) is 0 Å². The zero-order valence-electron chi connectivity index (χ0n) is 21.0. The summed E-state index contributed by atoms with van der Waals surface area (Å²) < 4.78 is 12.2. The Morgan fingerprint density at radius 3 is 2.66 bits per heavy atom. The number of thiazole rings is 1. The summed E-state index contributed by atoms with van der Waals surface area (Å²) in [6.45, 7) is 5.39. The van der Waals surface area contributed by atoms with E-state index < -0.39 is 5.91 Å². The highest BCUT2D eigenvalue weighted by Gasteiger charge is 2.35. The zero-order chi connectivity index (χ0) is 26.6. The first-order valence-corrected chi connectivity index (χ1v) is 14.1. The lowest BCUT2D eigenvalue weighted by molar-refractivity contribution is 0.1000. The molecule has 4 aromatic rings. The van der Waals surface area contributed by atoms with Gasteiger partial charge in [0.2, 0.25) is 5.91 Å². The first-order chi connectivity index (χ1) is 18.3. The number of carbonyl (C=O) groups excluding carboxylic acids is 1. The molecule has 0 radical (unpaired) electrons. The zero-order valence-corrected chi connectivity index (χ0v) is 23.4. The van der Waals surface area contributed by atoms with Gasteiger partial charge in [-0.1, -0.05) is 45.8 Å². The van der Waals surface area contributed by atoms with Gasteiger partial charge in [-0.15, -0.1) is 0 Å². The number of benzene rings is 2. The summed E-state index contributed by atoms with van der Waals surface area (Å²) in [7, 11) is 1.57. The molecular weight excluding hydrogens is 545 g/mol. The fourth-order valence-corrected chi connectivity index (χ4v) is 6.88. The van der Waals surface area contributed by atoms with E-state index in [1.807, 2.05) is 18.2 Å². The van der Waals surface area contributed by atoms with E-state index in [9.17, 15) is 4.79 Å². The number of piperazine rings is 1. The maximum absolute atomic E-state index is 11.8. The molecule has 1 aliphatic heterocycles. The van der Waals surface area contributed by atoms with Crippen LogP contribution >= 0.6 is 34.5 Å². The van der Waals surface area contributed by atoms with Crippen molar-refractivity contribution in [1.82, 2.24) is 15.0 Å². The second kappa shape index (κ2) is 10.0. The normalized spacial score (nSPS) is 18.3. The number of methoxy groups -OCH3 is 1. The third-order valence-electron chi connectivity index (χ3n) is 7.26. The smallest absolute Gasteiger partial charge is 0.248 e. The van der Waals surface area contributed by atoms with Crippen molar-refractivity contribution >= 4 is 55.8 Å². The summed E-state index contributed by atoms with van der Waals surface area (Å²) in [5.41, 5.74) is 9.21. The summed E-state index contributed by atoms with van der Waals surface area (Å²) >= 11 is 14.6. The van der Waals surface area contributed by atoms with Gasteiger partial charge in [0.1, 0.15) is 22.7 Å². The number of halogens is 2. The Balaban J connectivity index is 1.25. The van der Waals surface area contributed by atoms with Crippen molar-refractivity contribution in [2.24, 2.45) is 5.73 Å². The minimum absolute atomic E-state index is 0.211. The Labute approximate surface area is 234 Å². The number of hydrogen-bond donors (Lipinski definition) is 1. The summed E-state index contributed by atoms with van der Waals surface area (Å²) in [6.07, 6.45) is 2.22. The molecule has 1 amide bonds. The second-order valence-electron chi connectivity index (χ2n) is 9.91. The largest absolute Gasteiger partial charge is 0.494 e. The molecular formula is C27H27Cl2N5O3S. The summed E-state index contributed by atoms with van der Waals surface area (Å²) in [4.78, 5) is 21.4. The second-order valence-corrected chi connectivity index (χ2v) is 11.7. The van der Waals surface area contributed by atoms with Crippen LogP contribution in [0, 0.1) is 0 Å². The number of fused-ring (bicyclic) bond motifs is 1. The lowest BCUT2D eigenvalue weighted by Gasteiger charge is -2.39. The molecule has 198 valence electrons. The van der Waals surface area contributed by atoms with Crippen LogP contribution in [0.1, 0.15) is 47.4 Å². The van der Waals surface area contributed by atoms with Crippen LogP contribution in [-0.4, -0.2) is 53.7 Å². The van der Waals surface area contributed by atoms with Gasteiger partial charge in [0, 0.05) is 54.8 Å². The highest BCUT2D eigenvalue weighted by molar-refractivity contribution is 7.22. The number of nitrogens with two attached hydrogens (primary N) is 1. The number of nitrogens with zero attached hydrogens (tertiary/aromatic N) is 4. The maximum atomic E-state index is 11.8. The average molecular weight is 573 g/mol. The topological polar surface area (TPSA) is 97.7 Å². The highest BCUT2D eigenvalue weighted by Crippen LogP contribution is 2.46. The Kier molecular flexibility index (Phi) is 6.72.